The molecule has 0 bridgehead atoms. The number of pyridine rings is 1. The van der Waals surface area contributed by atoms with Crippen LogP contribution >= 0.6 is 22.6 Å². The molecule has 1 unspecified atom stereocenters. The van der Waals surface area contributed by atoms with Gasteiger partial charge in [0.05, 0.1) is 0 Å². The zero-order valence-electron chi connectivity index (χ0n) is 9.37. The summed E-state index contributed by atoms with van der Waals surface area (Å²) < 4.78 is 3.25. The van der Waals surface area contributed by atoms with Crippen LogP contribution in [0.2, 0.25) is 0 Å². The Balaban J connectivity index is 2.06. The minimum atomic E-state index is 0.0105. The lowest BCUT2D eigenvalue weighted by atomic mass is 10.1. The van der Waals surface area contributed by atoms with Crippen molar-refractivity contribution >= 4 is 33.5 Å². The largest absolute Gasteiger partial charge is 0.342 e. The van der Waals surface area contributed by atoms with Crippen LogP contribution in [0.15, 0.2) is 23.3 Å². The Hall–Kier alpha value is -0.820. The highest BCUT2D eigenvalue weighted by Crippen LogP contribution is 2.21. The number of rotatable bonds is 2. The third-order valence-electron chi connectivity index (χ3n) is 3.37. The topological polar surface area (TPSA) is 49.8 Å². The third-order valence-corrected chi connectivity index (χ3v) is 4.23. The zero-order chi connectivity index (χ0) is 11.8. The normalized spacial score (nSPS) is 20.2. The summed E-state index contributed by atoms with van der Waals surface area (Å²) in [4.78, 5) is 14.6. The SMILES string of the molecule is O=c1[nH]ccc2c(I)cn(CC3CCNC3)c12. The van der Waals surface area contributed by atoms with Crippen LogP contribution in [0, 0.1) is 9.49 Å². The summed E-state index contributed by atoms with van der Waals surface area (Å²) in [5.41, 5.74) is 0.820. The molecule has 1 atom stereocenters. The second-order valence-corrected chi connectivity index (χ2v) is 5.72. The molecule has 17 heavy (non-hydrogen) atoms. The molecule has 0 aromatic carbocycles. The number of aromatic amines is 1. The van der Waals surface area contributed by atoms with Crippen LogP contribution in [0.3, 0.4) is 0 Å². The van der Waals surface area contributed by atoms with Crippen LogP contribution in [0.4, 0.5) is 0 Å². The highest BCUT2D eigenvalue weighted by atomic mass is 127. The number of fused-ring (bicyclic) bond motifs is 1. The molecule has 1 saturated heterocycles. The average Bonchev–Trinajstić information content (AvgIpc) is 2.90. The van der Waals surface area contributed by atoms with Crippen molar-refractivity contribution in [3.63, 3.8) is 0 Å². The number of hydrogen-bond donors (Lipinski definition) is 2. The van der Waals surface area contributed by atoms with Gasteiger partial charge in [-0.05, 0) is 54.1 Å². The molecule has 2 aromatic heterocycles. The lowest BCUT2D eigenvalue weighted by Crippen LogP contribution is -2.17. The molecule has 0 radical (unpaired) electrons. The molecule has 3 heterocycles. The highest BCUT2D eigenvalue weighted by molar-refractivity contribution is 14.1. The van der Waals surface area contributed by atoms with Crippen LogP contribution in [-0.4, -0.2) is 22.6 Å². The first-order valence-corrected chi connectivity index (χ1v) is 6.90. The smallest absolute Gasteiger partial charge is 0.272 e. The van der Waals surface area contributed by atoms with Crippen LogP contribution in [-0.2, 0) is 6.54 Å². The standard InChI is InChI=1S/C12H14IN3O/c13-10-7-16(6-8-1-3-14-5-8)11-9(10)2-4-15-12(11)17/h2,4,7-8,14H,1,3,5-6H2,(H,15,17). The average molecular weight is 343 g/mol. The monoisotopic (exact) mass is 343 g/mol. The number of hydrogen-bond acceptors (Lipinski definition) is 2. The molecule has 0 amide bonds. The van der Waals surface area contributed by atoms with Gasteiger partial charge in [0, 0.05) is 27.9 Å². The van der Waals surface area contributed by atoms with Gasteiger partial charge >= 0.3 is 0 Å². The van der Waals surface area contributed by atoms with Gasteiger partial charge in [0.25, 0.3) is 5.56 Å². The van der Waals surface area contributed by atoms with E-state index < -0.39 is 0 Å². The molecule has 1 fully saturated rings. The lowest BCUT2D eigenvalue weighted by molar-refractivity contribution is 0.490. The van der Waals surface area contributed by atoms with E-state index in [0.717, 1.165) is 34.1 Å². The van der Waals surface area contributed by atoms with E-state index in [1.165, 1.54) is 6.42 Å². The Morgan fingerprint density at radius 2 is 2.41 bits per heavy atom. The molecule has 3 rings (SSSR count). The van der Waals surface area contributed by atoms with Crippen molar-refractivity contribution in [2.24, 2.45) is 5.92 Å². The molecule has 90 valence electrons. The first-order valence-electron chi connectivity index (χ1n) is 5.82. The van der Waals surface area contributed by atoms with Crippen molar-refractivity contribution in [2.45, 2.75) is 13.0 Å². The fourth-order valence-electron chi connectivity index (χ4n) is 2.51. The maximum atomic E-state index is 11.9. The summed E-state index contributed by atoms with van der Waals surface area (Å²) in [6.45, 7) is 3.08. The zero-order valence-corrected chi connectivity index (χ0v) is 11.5. The maximum absolute atomic E-state index is 11.9. The molecule has 2 N–H and O–H groups in total. The number of nitrogens with zero attached hydrogens (tertiary/aromatic N) is 1. The lowest BCUT2D eigenvalue weighted by Gasteiger charge is -2.10. The Labute approximate surface area is 113 Å². The Morgan fingerprint density at radius 3 is 3.18 bits per heavy atom. The van der Waals surface area contributed by atoms with E-state index in [0.29, 0.717) is 5.92 Å². The highest BCUT2D eigenvalue weighted by Gasteiger charge is 2.17. The Morgan fingerprint density at radius 1 is 1.53 bits per heavy atom. The van der Waals surface area contributed by atoms with Gasteiger partial charge in [-0.25, -0.2) is 0 Å². The molecular formula is C12H14IN3O. The van der Waals surface area contributed by atoms with Gasteiger partial charge in [-0.15, -0.1) is 0 Å². The summed E-state index contributed by atoms with van der Waals surface area (Å²) in [5, 5.41) is 4.42. The van der Waals surface area contributed by atoms with Gasteiger partial charge in [0.15, 0.2) is 0 Å². The Bertz CT molecular complexity index is 595. The molecule has 2 aromatic rings. The molecule has 1 aliphatic rings. The number of halogens is 1. The number of nitrogens with one attached hydrogen (secondary N) is 2. The molecule has 0 spiro atoms. The maximum Gasteiger partial charge on any atom is 0.272 e. The van der Waals surface area contributed by atoms with Crippen LogP contribution in [0.25, 0.3) is 10.9 Å². The van der Waals surface area contributed by atoms with Gasteiger partial charge in [-0.3, -0.25) is 4.79 Å². The van der Waals surface area contributed by atoms with Crippen LogP contribution in [0.5, 0.6) is 0 Å². The second kappa shape index (κ2) is 4.45. The molecule has 0 saturated carbocycles. The fraction of sp³-hybridized carbons (Fsp3) is 0.417. The Kier molecular flexibility index (Phi) is 2.96. The fourth-order valence-corrected chi connectivity index (χ4v) is 3.28. The van der Waals surface area contributed by atoms with Gasteiger partial charge in [-0.2, -0.15) is 0 Å². The van der Waals surface area contributed by atoms with Gasteiger partial charge in [-0.1, -0.05) is 0 Å². The summed E-state index contributed by atoms with van der Waals surface area (Å²) in [6.07, 6.45) is 4.99. The minimum Gasteiger partial charge on any atom is -0.342 e. The van der Waals surface area contributed by atoms with E-state index >= 15 is 0 Å². The van der Waals surface area contributed by atoms with Crippen molar-refractivity contribution in [3.05, 3.63) is 32.4 Å². The molecule has 5 heteroatoms. The van der Waals surface area contributed by atoms with E-state index in [1.54, 1.807) is 6.20 Å². The number of aromatic nitrogens is 2. The van der Waals surface area contributed by atoms with E-state index in [2.05, 4.69) is 43.7 Å². The molecule has 4 nitrogen and oxygen atoms in total. The van der Waals surface area contributed by atoms with Crippen molar-refractivity contribution in [2.75, 3.05) is 13.1 Å². The molecule has 0 aliphatic carbocycles. The van der Waals surface area contributed by atoms with Crippen LogP contribution < -0.4 is 10.9 Å². The van der Waals surface area contributed by atoms with Crippen molar-refractivity contribution in [1.82, 2.24) is 14.9 Å². The van der Waals surface area contributed by atoms with Gasteiger partial charge in [0.2, 0.25) is 0 Å². The molecular weight excluding hydrogens is 329 g/mol. The van der Waals surface area contributed by atoms with Gasteiger partial charge in [0.1, 0.15) is 5.52 Å². The van der Waals surface area contributed by atoms with E-state index in [-0.39, 0.29) is 5.56 Å². The van der Waals surface area contributed by atoms with E-state index in [1.807, 2.05) is 6.07 Å². The predicted octanol–water partition coefficient (Wildman–Crippen LogP) is 1.54. The summed E-state index contributed by atoms with van der Waals surface area (Å²) in [7, 11) is 0. The number of H-pyrrole nitrogens is 1. The first kappa shape index (κ1) is 11.3. The quantitative estimate of drug-likeness (QED) is 0.813. The summed E-state index contributed by atoms with van der Waals surface area (Å²) in [5.74, 6) is 0.640. The summed E-state index contributed by atoms with van der Waals surface area (Å²) in [6, 6.07) is 1.97. The van der Waals surface area contributed by atoms with Crippen molar-refractivity contribution in [3.8, 4) is 0 Å². The van der Waals surface area contributed by atoms with E-state index in [9.17, 15) is 4.79 Å². The summed E-state index contributed by atoms with van der Waals surface area (Å²) >= 11 is 2.29. The first-order chi connectivity index (χ1) is 8.25. The minimum absolute atomic E-state index is 0.0105. The van der Waals surface area contributed by atoms with Gasteiger partial charge < -0.3 is 14.9 Å². The van der Waals surface area contributed by atoms with Crippen molar-refractivity contribution < 1.29 is 0 Å². The second-order valence-electron chi connectivity index (χ2n) is 4.56. The third kappa shape index (κ3) is 2.01. The van der Waals surface area contributed by atoms with Crippen LogP contribution in [0.1, 0.15) is 6.42 Å². The van der Waals surface area contributed by atoms with Crippen molar-refractivity contribution in [1.29, 1.82) is 0 Å². The predicted molar refractivity (Wildman–Crippen MR) is 76.3 cm³/mol. The molecule has 1 aliphatic heterocycles. The van der Waals surface area contributed by atoms with E-state index in [4.69, 9.17) is 0 Å².